The van der Waals surface area contributed by atoms with E-state index in [0.29, 0.717) is 0 Å². The molecule has 16 nitrogen and oxygen atoms in total. The molecule has 3 rings (SSSR count). The molecule has 4 atom stereocenters. The van der Waals surface area contributed by atoms with E-state index in [9.17, 15) is 47.6 Å². The topological polar surface area (TPSA) is 244 Å². The smallest absolute Gasteiger partial charge is 0.333 e. The molecular weight excluding hydrogens is 492 g/mol. The van der Waals surface area contributed by atoms with E-state index in [4.69, 9.17) is 0 Å². The summed E-state index contributed by atoms with van der Waals surface area (Å²) in [5.74, 6) is 0. The molecule has 0 radical (unpaired) electrons. The summed E-state index contributed by atoms with van der Waals surface area (Å²) >= 11 is 0. The van der Waals surface area contributed by atoms with Crippen LogP contribution in [0.1, 0.15) is 0 Å². The summed E-state index contributed by atoms with van der Waals surface area (Å²) in [7, 11) is -23.6. The first kappa shape index (κ1) is 23.7. The van der Waals surface area contributed by atoms with Crippen LogP contribution in [-0.4, -0.2) is 58.6 Å². The van der Waals surface area contributed by atoms with Gasteiger partial charge in [-0.15, -0.1) is 0 Å². The minimum atomic E-state index is -5.91. The molecule has 4 unspecified atom stereocenters. The van der Waals surface area contributed by atoms with Gasteiger partial charge in [0, 0.05) is 24.8 Å². The zero-order valence-corrected chi connectivity index (χ0v) is 18.2. The minimum Gasteiger partial charge on any atom is -0.333 e. The fourth-order valence-electron chi connectivity index (χ4n) is 2.73. The van der Waals surface area contributed by atoms with Crippen molar-refractivity contribution >= 4 is 30.4 Å². The lowest BCUT2D eigenvalue weighted by Crippen LogP contribution is -2.49. The van der Waals surface area contributed by atoms with E-state index in [1.807, 2.05) is 0 Å². The van der Waals surface area contributed by atoms with Gasteiger partial charge in [0.25, 0.3) is 10.2 Å². The van der Waals surface area contributed by atoms with Gasteiger partial charge in [-0.25, -0.2) is 9.97 Å². The van der Waals surface area contributed by atoms with Crippen LogP contribution in [0.4, 0.5) is 0 Å². The molecule has 0 spiro atoms. The van der Waals surface area contributed by atoms with Gasteiger partial charge in [0.15, 0.2) is 0 Å². The zero-order valence-electron chi connectivity index (χ0n) is 14.6. The molecule has 3 heterocycles. The lowest BCUT2D eigenvalue weighted by Gasteiger charge is -2.48. The highest BCUT2D eigenvalue weighted by atomic mass is 31.3. The van der Waals surface area contributed by atoms with E-state index in [0.717, 1.165) is 46.6 Å². The van der Waals surface area contributed by atoms with Crippen molar-refractivity contribution in [3.63, 3.8) is 0 Å². The van der Waals surface area contributed by atoms with Crippen LogP contribution in [0.2, 0.25) is 0 Å². The number of aromatic nitrogens is 4. The second-order valence-electron chi connectivity index (χ2n) is 6.27. The zero-order chi connectivity index (χ0) is 22.6. The van der Waals surface area contributed by atoms with Gasteiger partial charge in [-0.3, -0.25) is 27.3 Å². The van der Waals surface area contributed by atoms with E-state index in [-0.39, 0.29) is 0 Å². The summed E-state index contributed by atoms with van der Waals surface area (Å²) in [5.41, 5.74) is 0. The maximum atomic E-state index is 13.0. The summed E-state index contributed by atoms with van der Waals surface area (Å²) in [6.07, 6.45) is 6.38. The average Bonchev–Trinajstić information content (AvgIpc) is 3.23. The lowest BCUT2D eigenvalue weighted by atomic mass is 10.6. The third kappa shape index (κ3) is 3.63. The first-order chi connectivity index (χ1) is 13.6. The van der Waals surface area contributed by atoms with Crippen molar-refractivity contribution < 1.29 is 56.7 Å². The third-order valence-corrected chi connectivity index (χ3v) is 13.5. The van der Waals surface area contributed by atoms with Crippen LogP contribution in [-0.2, 0) is 40.4 Å². The molecular formula is C10H16N4O12P4. The third-order valence-electron chi connectivity index (χ3n) is 4.23. The SMILES string of the molecule is O=P(O)(O)C1(Cn2ccnc2)OP(=O)(O)C(Cn2ccnc2)(P(=O)(O)O)OP1(=O)O. The molecule has 1 aliphatic heterocycles. The molecule has 168 valence electrons. The van der Waals surface area contributed by atoms with Crippen molar-refractivity contribution in [2.24, 2.45) is 0 Å². The van der Waals surface area contributed by atoms with Crippen LogP contribution in [0.15, 0.2) is 37.4 Å². The molecule has 1 saturated heterocycles. The van der Waals surface area contributed by atoms with Crippen molar-refractivity contribution in [3.05, 3.63) is 37.4 Å². The van der Waals surface area contributed by atoms with Crippen LogP contribution in [0.25, 0.3) is 0 Å². The quantitative estimate of drug-likeness (QED) is 0.278. The van der Waals surface area contributed by atoms with Crippen LogP contribution < -0.4 is 0 Å². The van der Waals surface area contributed by atoms with Crippen LogP contribution >= 0.6 is 30.4 Å². The Hall–Kier alpha value is -0.980. The first-order valence-corrected chi connectivity index (χ1v) is 14.0. The van der Waals surface area contributed by atoms with E-state index in [2.05, 4.69) is 19.0 Å². The van der Waals surface area contributed by atoms with Gasteiger partial charge in [0.2, 0.25) is 0 Å². The van der Waals surface area contributed by atoms with Gasteiger partial charge in [-0.2, -0.15) is 0 Å². The molecule has 1 fully saturated rings. The first-order valence-electron chi connectivity index (χ1n) is 7.67. The summed E-state index contributed by atoms with van der Waals surface area (Å²) in [4.78, 5) is 67.2. The maximum Gasteiger partial charge on any atom is 0.376 e. The Morgan fingerprint density at radius 1 is 0.800 bits per heavy atom. The molecule has 20 heteroatoms. The second kappa shape index (κ2) is 7.28. The van der Waals surface area contributed by atoms with Crippen LogP contribution in [0, 0.1) is 0 Å². The Labute approximate surface area is 167 Å². The highest BCUT2D eigenvalue weighted by molar-refractivity contribution is 7.78. The van der Waals surface area contributed by atoms with Crippen molar-refractivity contribution in [1.29, 1.82) is 0 Å². The highest BCUT2D eigenvalue weighted by Crippen LogP contribution is 2.88. The fourth-order valence-corrected chi connectivity index (χ4v) is 11.2. The van der Waals surface area contributed by atoms with Crippen molar-refractivity contribution in [3.8, 4) is 0 Å². The Morgan fingerprint density at radius 3 is 1.37 bits per heavy atom. The van der Waals surface area contributed by atoms with E-state index >= 15 is 0 Å². The van der Waals surface area contributed by atoms with E-state index in [1.54, 1.807) is 0 Å². The molecule has 6 N–H and O–H groups in total. The summed E-state index contributed by atoms with van der Waals surface area (Å²) in [6.45, 7) is -2.39. The lowest BCUT2D eigenvalue weighted by molar-refractivity contribution is 0.0262. The van der Waals surface area contributed by atoms with E-state index in [1.165, 1.54) is 0 Å². The molecule has 0 bridgehead atoms. The summed E-state index contributed by atoms with van der Waals surface area (Å²) < 4.78 is 61.4. The Kier molecular flexibility index (Phi) is 5.74. The van der Waals surface area contributed by atoms with Crippen molar-refractivity contribution in [2.75, 3.05) is 0 Å². The summed E-state index contributed by atoms with van der Waals surface area (Å²) in [5, 5.41) is -7.31. The second-order valence-corrected chi connectivity index (χ2v) is 14.5. The molecule has 0 saturated carbocycles. The number of hydrogen-bond donors (Lipinski definition) is 6. The fraction of sp³-hybridized carbons (Fsp3) is 0.400. The predicted molar refractivity (Wildman–Crippen MR) is 95.8 cm³/mol. The molecule has 0 aliphatic carbocycles. The molecule has 2 aromatic heterocycles. The van der Waals surface area contributed by atoms with Gasteiger partial charge in [0.05, 0.1) is 25.7 Å². The predicted octanol–water partition coefficient (Wildman–Crippen LogP) is -0.140. The molecule has 2 aromatic rings. The number of imidazole rings is 2. The monoisotopic (exact) mass is 508 g/mol. The van der Waals surface area contributed by atoms with Gasteiger partial charge < -0.3 is 38.5 Å². The van der Waals surface area contributed by atoms with Gasteiger partial charge in [-0.05, 0) is 0 Å². The van der Waals surface area contributed by atoms with E-state index < -0.39 is 53.6 Å². The van der Waals surface area contributed by atoms with Crippen LogP contribution in [0.3, 0.4) is 0 Å². The Morgan fingerprint density at radius 2 is 1.13 bits per heavy atom. The largest absolute Gasteiger partial charge is 0.376 e. The standard InChI is InChI=1S/C10H16N4O12P4/c15-27(16,17)9(5-13-3-1-11-7-13)25-30(23,24)10(28(18,19)20,26-29(9,21)22)6-14-4-2-12-8-14/h1-4,7-8H,5-6H2,(H,21,22)(H,23,24)(H2,15,16,17)(H2,18,19,20). The minimum absolute atomic E-state index is 0.853. The normalized spacial score (nSPS) is 35.4. The molecule has 1 aliphatic rings. The maximum absolute atomic E-state index is 13.0. The Bertz CT molecular complexity index is 1020. The number of nitrogens with zero attached hydrogens (tertiary/aromatic N) is 4. The average molecular weight is 508 g/mol. The van der Waals surface area contributed by atoms with Gasteiger partial charge >= 0.3 is 30.4 Å². The number of hydrogen-bond acceptors (Lipinski definition) is 8. The Balaban J connectivity index is 2.23. The molecule has 0 amide bonds. The van der Waals surface area contributed by atoms with Crippen molar-refractivity contribution in [2.45, 2.75) is 23.3 Å². The number of rotatable bonds is 6. The summed E-state index contributed by atoms with van der Waals surface area (Å²) in [6, 6.07) is 0. The molecule has 30 heavy (non-hydrogen) atoms. The van der Waals surface area contributed by atoms with Crippen LogP contribution in [0.5, 0.6) is 0 Å². The van der Waals surface area contributed by atoms with Gasteiger partial charge in [-0.1, -0.05) is 0 Å². The highest BCUT2D eigenvalue weighted by Gasteiger charge is 2.80. The van der Waals surface area contributed by atoms with Crippen molar-refractivity contribution in [1.82, 2.24) is 19.1 Å². The van der Waals surface area contributed by atoms with Gasteiger partial charge in [0.1, 0.15) is 0 Å². The molecule has 0 aromatic carbocycles.